The van der Waals surface area contributed by atoms with Crippen LogP contribution in [0.1, 0.15) is 12.5 Å². The number of benzene rings is 1. The van der Waals surface area contributed by atoms with Crippen molar-refractivity contribution in [3.63, 3.8) is 0 Å². The Kier molecular flexibility index (Phi) is 5.02. The summed E-state index contributed by atoms with van der Waals surface area (Å²) in [7, 11) is 0. The molecule has 0 saturated carbocycles. The fourth-order valence-corrected chi connectivity index (χ4v) is 2.75. The minimum atomic E-state index is 0.0499. The van der Waals surface area contributed by atoms with E-state index in [1.165, 1.54) is 0 Å². The molecule has 1 aromatic heterocycles. The van der Waals surface area contributed by atoms with Gasteiger partial charge in [0.2, 0.25) is 0 Å². The highest BCUT2D eigenvalue weighted by molar-refractivity contribution is 9.10. The first kappa shape index (κ1) is 15.6. The highest BCUT2D eigenvalue weighted by atomic mass is 79.9. The molecular formula is C17H18BrNO2. The van der Waals surface area contributed by atoms with Crippen LogP contribution in [0.25, 0.3) is 11.3 Å². The minimum absolute atomic E-state index is 0.0499. The monoisotopic (exact) mass is 347 g/mol. The van der Waals surface area contributed by atoms with Gasteiger partial charge in [0.25, 0.3) is 5.56 Å². The first-order chi connectivity index (χ1) is 10.1. The number of pyridine rings is 1. The zero-order chi connectivity index (χ0) is 15.4. The molecule has 0 aliphatic rings. The lowest BCUT2D eigenvalue weighted by Crippen LogP contribution is -2.22. The normalized spacial score (nSPS) is 10.4. The number of hydrogen-bond donors (Lipinski definition) is 0. The number of rotatable bonds is 5. The first-order valence-corrected chi connectivity index (χ1v) is 7.61. The molecule has 21 heavy (non-hydrogen) atoms. The van der Waals surface area contributed by atoms with Gasteiger partial charge in [-0.15, -0.1) is 0 Å². The molecule has 0 N–H and O–H groups in total. The molecule has 0 unspecified atom stereocenters. The van der Waals surface area contributed by atoms with Crippen molar-refractivity contribution in [1.29, 1.82) is 0 Å². The van der Waals surface area contributed by atoms with Crippen LogP contribution in [0, 0.1) is 6.92 Å². The molecule has 0 amide bonds. The van der Waals surface area contributed by atoms with Crippen molar-refractivity contribution in [2.45, 2.75) is 20.4 Å². The van der Waals surface area contributed by atoms with Crippen molar-refractivity contribution in [3.05, 3.63) is 63.4 Å². The van der Waals surface area contributed by atoms with Crippen molar-refractivity contribution in [2.75, 3.05) is 6.61 Å². The van der Waals surface area contributed by atoms with Gasteiger partial charge in [-0.1, -0.05) is 18.7 Å². The molecule has 0 aliphatic carbocycles. The van der Waals surface area contributed by atoms with Gasteiger partial charge >= 0.3 is 0 Å². The van der Waals surface area contributed by atoms with Crippen LogP contribution in [0.2, 0.25) is 0 Å². The third-order valence-corrected chi connectivity index (χ3v) is 3.92. The average molecular weight is 348 g/mol. The Morgan fingerprint density at radius 3 is 2.71 bits per heavy atom. The van der Waals surface area contributed by atoms with Crippen LogP contribution in [-0.4, -0.2) is 11.2 Å². The van der Waals surface area contributed by atoms with Gasteiger partial charge in [0.15, 0.2) is 0 Å². The number of hydrogen-bond acceptors (Lipinski definition) is 2. The molecule has 0 spiro atoms. The molecule has 0 fully saturated rings. The predicted octanol–water partition coefficient (Wildman–Crippen LogP) is 4.17. The Balaban J connectivity index is 2.50. The van der Waals surface area contributed by atoms with Gasteiger partial charge in [-0.2, -0.15) is 0 Å². The van der Waals surface area contributed by atoms with Gasteiger partial charge in [0.1, 0.15) is 12.4 Å². The number of halogens is 1. The van der Waals surface area contributed by atoms with Crippen LogP contribution in [0.3, 0.4) is 0 Å². The molecule has 2 rings (SSSR count). The Bertz CT molecular complexity index is 719. The van der Waals surface area contributed by atoms with Gasteiger partial charge in [-0.05, 0) is 54.0 Å². The maximum absolute atomic E-state index is 12.2. The zero-order valence-corrected chi connectivity index (χ0v) is 13.8. The van der Waals surface area contributed by atoms with E-state index in [1.807, 2.05) is 44.2 Å². The summed E-state index contributed by atoms with van der Waals surface area (Å²) in [6, 6.07) is 9.60. The summed E-state index contributed by atoms with van der Waals surface area (Å²) in [4.78, 5) is 12.2. The van der Waals surface area contributed by atoms with E-state index in [1.54, 1.807) is 10.6 Å². The summed E-state index contributed by atoms with van der Waals surface area (Å²) < 4.78 is 8.18. The average Bonchev–Trinajstić information content (AvgIpc) is 2.48. The van der Waals surface area contributed by atoms with E-state index in [4.69, 9.17) is 4.74 Å². The summed E-state index contributed by atoms with van der Waals surface area (Å²) in [6.07, 6.45) is 1.70. The molecule has 110 valence electrons. The standard InChI is InChI=1S/C17H18BrNO2/c1-4-10-21-13-7-8-14(15(18)11-13)16-9-6-12(3)17(20)19(16)5-2/h4,6-9,11H,1,5,10H2,2-3H3. The van der Waals surface area contributed by atoms with E-state index in [0.717, 1.165) is 27.0 Å². The van der Waals surface area contributed by atoms with Gasteiger partial charge in [-0.25, -0.2) is 0 Å². The topological polar surface area (TPSA) is 31.2 Å². The maximum atomic E-state index is 12.2. The van der Waals surface area contributed by atoms with Crippen LogP contribution in [0.15, 0.2) is 52.3 Å². The van der Waals surface area contributed by atoms with E-state index in [0.29, 0.717) is 13.2 Å². The zero-order valence-electron chi connectivity index (χ0n) is 12.2. The molecule has 1 heterocycles. The predicted molar refractivity (Wildman–Crippen MR) is 89.9 cm³/mol. The van der Waals surface area contributed by atoms with Crippen LogP contribution < -0.4 is 10.3 Å². The second kappa shape index (κ2) is 6.76. The molecule has 0 saturated heterocycles. The minimum Gasteiger partial charge on any atom is -0.490 e. The Labute approximate surface area is 133 Å². The molecular weight excluding hydrogens is 330 g/mol. The summed E-state index contributed by atoms with van der Waals surface area (Å²) in [5.74, 6) is 0.767. The van der Waals surface area contributed by atoms with Crippen molar-refractivity contribution >= 4 is 15.9 Å². The summed E-state index contributed by atoms with van der Waals surface area (Å²) in [5.41, 5.74) is 2.67. The van der Waals surface area contributed by atoms with E-state index < -0.39 is 0 Å². The molecule has 3 nitrogen and oxygen atoms in total. The molecule has 0 radical (unpaired) electrons. The first-order valence-electron chi connectivity index (χ1n) is 6.82. The third kappa shape index (κ3) is 3.27. The van der Waals surface area contributed by atoms with Gasteiger partial charge in [-0.3, -0.25) is 4.79 Å². The fourth-order valence-electron chi connectivity index (χ4n) is 2.19. The van der Waals surface area contributed by atoms with Crippen LogP contribution >= 0.6 is 15.9 Å². The lowest BCUT2D eigenvalue weighted by atomic mass is 10.1. The van der Waals surface area contributed by atoms with Crippen molar-refractivity contribution in [2.24, 2.45) is 0 Å². The number of ether oxygens (including phenoxy) is 1. The van der Waals surface area contributed by atoms with Crippen molar-refractivity contribution in [1.82, 2.24) is 4.57 Å². The highest BCUT2D eigenvalue weighted by Crippen LogP contribution is 2.31. The Morgan fingerprint density at radius 2 is 2.10 bits per heavy atom. The highest BCUT2D eigenvalue weighted by Gasteiger charge is 2.11. The Morgan fingerprint density at radius 1 is 1.33 bits per heavy atom. The molecule has 0 atom stereocenters. The molecule has 2 aromatic rings. The summed E-state index contributed by atoms with van der Waals surface area (Å²) in [6.45, 7) is 8.54. The SMILES string of the molecule is C=CCOc1ccc(-c2ccc(C)c(=O)n2CC)c(Br)c1. The maximum Gasteiger partial charge on any atom is 0.253 e. The quantitative estimate of drug-likeness (QED) is 0.760. The van der Waals surface area contributed by atoms with E-state index in [2.05, 4.69) is 22.5 Å². The number of aryl methyl sites for hydroxylation is 1. The van der Waals surface area contributed by atoms with Gasteiger partial charge < -0.3 is 9.30 Å². The largest absolute Gasteiger partial charge is 0.490 e. The fraction of sp³-hybridized carbons (Fsp3) is 0.235. The second-order valence-electron chi connectivity index (χ2n) is 4.69. The lowest BCUT2D eigenvalue weighted by molar-refractivity contribution is 0.363. The van der Waals surface area contributed by atoms with Crippen LogP contribution in [0.4, 0.5) is 0 Å². The number of nitrogens with zero attached hydrogens (tertiary/aromatic N) is 1. The number of aromatic nitrogens is 1. The van der Waals surface area contributed by atoms with E-state index in [9.17, 15) is 4.79 Å². The third-order valence-electron chi connectivity index (χ3n) is 3.27. The van der Waals surface area contributed by atoms with Crippen molar-refractivity contribution in [3.8, 4) is 17.0 Å². The van der Waals surface area contributed by atoms with Crippen LogP contribution in [0.5, 0.6) is 5.75 Å². The van der Waals surface area contributed by atoms with Gasteiger partial charge in [0, 0.05) is 22.1 Å². The van der Waals surface area contributed by atoms with Crippen LogP contribution in [-0.2, 0) is 6.54 Å². The van der Waals surface area contributed by atoms with E-state index >= 15 is 0 Å². The summed E-state index contributed by atoms with van der Waals surface area (Å²) >= 11 is 3.56. The molecule has 0 bridgehead atoms. The Hall–Kier alpha value is -1.81. The molecule has 4 heteroatoms. The smallest absolute Gasteiger partial charge is 0.253 e. The second-order valence-corrected chi connectivity index (χ2v) is 5.55. The lowest BCUT2D eigenvalue weighted by Gasteiger charge is -2.14. The molecule has 0 aliphatic heterocycles. The van der Waals surface area contributed by atoms with E-state index in [-0.39, 0.29) is 5.56 Å². The summed E-state index contributed by atoms with van der Waals surface area (Å²) in [5, 5.41) is 0. The van der Waals surface area contributed by atoms with Gasteiger partial charge in [0.05, 0.1) is 5.69 Å². The van der Waals surface area contributed by atoms with Crippen molar-refractivity contribution < 1.29 is 4.74 Å². The molecule has 1 aromatic carbocycles.